The summed E-state index contributed by atoms with van der Waals surface area (Å²) in [6.07, 6.45) is 3.00. The molecule has 1 heterocycles. The number of ether oxygens (including phenoxy) is 1. The van der Waals surface area contributed by atoms with Crippen LogP contribution in [-0.4, -0.2) is 30.2 Å². The Morgan fingerprint density at radius 2 is 1.50 bits per heavy atom. The number of ketones is 1. The van der Waals surface area contributed by atoms with Gasteiger partial charge < -0.3 is 4.74 Å². The summed E-state index contributed by atoms with van der Waals surface area (Å²) in [7, 11) is 0. The number of fused-ring (bicyclic) bond motifs is 5. The average Bonchev–Trinajstić information content (AvgIpc) is 3.46. The molecule has 6 nitrogen and oxygen atoms in total. The van der Waals surface area contributed by atoms with Crippen LogP contribution < -0.4 is 4.90 Å². The van der Waals surface area contributed by atoms with Gasteiger partial charge in [0.25, 0.3) is 0 Å². The Morgan fingerprint density at radius 3 is 2.17 bits per heavy atom. The number of carbonyl (C=O) groups is 4. The van der Waals surface area contributed by atoms with Gasteiger partial charge in [0.1, 0.15) is 0 Å². The summed E-state index contributed by atoms with van der Waals surface area (Å²) in [5.74, 6) is -1.08. The molecule has 3 fully saturated rings. The first-order valence-corrected chi connectivity index (χ1v) is 10.3. The molecular formula is C24H21NO5. The van der Waals surface area contributed by atoms with E-state index in [1.165, 1.54) is 11.0 Å². The second-order valence-electron chi connectivity index (χ2n) is 8.31. The van der Waals surface area contributed by atoms with Crippen LogP contribution in [0.15, 0.2) is 54.6 Å². The smallest absolute Gasteiger partial charge is 0.338 e. The van der Waals surface area contributed by atoms with Crippen molar-refractivity contribution in [3.05, 3.63) is 65.7 Å². The van der Waals surface area contributed by atoms with Gasteiger partial charge in [-0.15, -0.1) is 0 Å². The minimum Gasteiger partial charge on any atom is -0.454 e. The zero-order valence-electron chi connectivity index (χ0n) is 16.3. The Balaban J connectivity index is 1.31. The fourth-order valence-corrected chi connectivity index (χ4v) is 5.36. The monoisotopic (exact) mass is 403 g/mol. The number of hydrogen-bond acceptors (Lipinski definition) is 5. The van der Waals surface area contributed by atoms with E-state index in [1.807, 2.05) is 0 Å². The number of rotatable bonds is 5. The first-order valence-electron chi connectivity index (χ1n) is 10.3. The van der Waals surface area contributed by atoms with E-state index >= 15 is 0 Å². The highest BCUT2D eigenvalue weighted by atomic mass is 16.5. The molecule has 0 N–H and O–H groups in total. The molecule has 2 bridgehead atoms. The summed E-state index contributed by atoms with van der Waals surface area (Å²) in [5.41, 5.74) is 1.06. The lowest BCUT2D eigenvalue weighted by molar-refractivity contribution is -0.123. The van der Waals surface area contributed by atoms with Gasteiger partial charge in [-0.3, -0.25) is 19.3 Å². The lowest BCUT2D eigenvalue weighted by Gasteiger charge is -2.19. The number of hydrogen-bond donors (Lipinski definition) is 0. The van der Waals surface area contributed by atoms with Crippen LogP contribution in [0, 0.1) is 23.7 Å². The van der Waals surface area contributed by atoms with E-state index in [9.17, 15) is 19.2 Å². The van der Waals surface area contributed by atoms with Crippen molar-refractivity contribution < 1.29 is 23.9 Å². The Bertz CT molecular complexity index is 1020. The number of imide groups is 1. The standard InChI is InChI=1S/C24H21NO5/c26-19(14-5-2-1-3-6-14)13-30-24(29)17-7-4-8-18(12-17)25-22(27)20-15-9-10-16(11-15)21(20)23(25)28/h1-8,12,15-16,20-21H,9-11,13H2/t15-,16-,20-,21-/m0/s1. The van der Waals surface area contributed by atoms with Gasteiger partial charge in [-0.25, -0.2) is 4.79 Å². The molecule has 2 saturated carbocycles. The average molecular weight is 403 g/mol. The molecule has 0 unspecified atom stereocenters. The first-order chi connectivity index (χ1) is 14.5. The summed E-state index contributed by atoms with van der Waals surface area (Å²) in [6, 6.07) is 14.9. The topological polar surface area (TPSA) is 80.8 Å². The largest absolute Gasteiger partial charge is 0.454 e. The number of Topliss-reactive ketones (excluding diaryl/α,β-unsaturated/α-hetero) is 1. The van der Waals surface area contributed by atoms with Gasteiger partial charge >= 0.3 is 5.97 Å². The van der Waals surface area contributed by atoms with Gasteiger partial charge in [-0.2, -0.15) is 0 Å². The zero-order chi connectivity index (χ0) is 20.8. The predicted octanol–water partition coefficient (Wildman–Crippen LogP) is 3.26. The molecule has 0 radical (unpaired) electrons. The van der Waals surface area contributed by atoms with E-state index < -0.39 is 5.97 Å². The number of esters is 1. The van der Waals surface area contributed by atoms with E-state index in [1.54, 1.807) is 48.5 Å². The van der Waals surface area contributed by atoms with Crippen molar-refractivity contribution in [3.63, 3.8) is 0 Å². The van der Waals surface area contributed by atoms with Crippen molar-refractivity contribution in [2.75, 3.05) is 11.5 Å². The van der Waals surface area contributed by atoms with Gasteiger partial charge in [0.2, 0.25) is 11.8 Å². The molecule has 30 heavy (non-hydrogen) atoms. The molecule has 4 atom stereocenters. The molecule has 152 valence electrons. The minimum absolute atomic E-state index is 0.151. The molecule has 3 aliphatic rings. The minimum atomic E-state index is -0.666. The van der Waals surface area contributed by atoms with Crippen LogP contribution in [0.25, 0.3) is 0 Å². The van der Waals surface area contributed by atoms with E-state index in [4.69, 9.17) is 4.74 Å². The van der Waals surface area contributed by atoms with Gasteiger partial charge in [0, 0.05) is 5.56 Å². The van der Waals surface area contributed by atoms with E-state index in [0.29, 0.717) is 23.1 Å². The predicted molar refractivity (Wildman–Crippen MR) is 108 cm³/mol. The molecule has 1 saturated heterocycles. The molecule has 2 aromatic carbocycles. The summed E-state index contributed by atoms with van der Waals surface area (Å²) in [4.78, 5) is 51.8. The number of benzene rings is 2. The van der Waals surface area contributed by atoms with Crippen molar-refractivity contribution in [1.82, 2.24) is 0 Å². The maximum atomic E-state index is 13.0. The van der Waals surface area contributed by atoms with E-state index in [-0.39, 0.29) is 41.6 Å². The van der Waals surface area contributed by atoms with Crippen molar-refractivity contribution in [1.29, 1.82) is 0 Å². The summed E-state index contributed by atoms with van der Waals surface area (Å²) in [5, 5.41) is 0. The third-order valence-electron chi connectivity index (χ3n) is 6.70. The van der Waals surface area contributed by atoms with Gasteiger partial charge in [0.05, 0.1) is 23.1 Å². The maximum absolute atomic E-state index is 13.0. The molecule has 1 aliphatic heterocycles. The summed E-state index contributed by atoms with van der Waals surface area (Å²) in [6.45, 7) is -0.373. The highest BCUT2D eigenvalue weighted by Gasteiger charge is 2.61. The number of amides is 2. The quantitative estimate of drug-likeness (QED) is 0.435. The van der Waals surface area contributed by atoms with Crippen molar-refractivity contribution >= 4 is 29.3 Å². The molecule has 2 aliphatic carbocycles. The molecule has 6 heteroatoms. The van der Waals surface area contributed by atoms with Crippen molar-refractivity contribution in [3.8, 4) is 0 Å². The normalized spacial score (nSPS) is 26.7. The Kier molecular flexibility index (Phi) is 4.50. The molecule has 0 aromatic heterocycles. The Morgan fingerprint density at radius 1 is 0.867 bits per heavy atom. The summed E-state index contributed by atoms with van der Waals surface area (Å²) >= 11 is 0. The third kappa shape index (κ3) is 2.95. The fraction of sp³-hybridized carbons (Fsp3) is 0.333. The third-order valence-corrected chi connectivity index (χ3v) is 6.70. The Labute approximate surface area is 173 Å². The SMILES string of the molecule is O=C(COC(=O)c1cccc(N2C(=O)[C@H]3[C@H]4CC[C@@H](C4)[C@@H]3C2=O)c1)c1ccccc1. The van der Waals surface area contributed by atoms with Gasteiger partial charge in [-0.1, -0.05) is 36.4 Å². The second-order valence-corrected chi connectivity index (χ2v) is 8.31. The molecule has 5 rings (SSSR count). The van der Waals surface area contributed by atoms with Crippen LogP contribution in [-0.2, 0) is 14.3 Å². The lowest BCUT2D eigenvalue weighted by atomic mass is 9.81. The Hall–Kier alpha value is -3.28. The highest BCUT2D eigenvalue weighted by Crippen LogP contribution is 2.56. The van der Waals surface area contributed by atoms with Crippen molar-refractivity contribution in [2.45, 2.75) is 19.3 Å². The highest BCUT2D eigenvalue weighted by molar-refractivity contribution is 6.22. The van der Waals surface area contributed by atoms with Gasteiger partial charge in [0.15, 0.2) is 12.4 Å². The molecule has 2 aromatic rings. The first kappa shape index (κ1) is 18.7. The molecular weight excluding hydrogens is 382 g/mol. The fourth-order valence-electron chi connectivity index (χ4n) is 5.36. The number of nitrogens with zero attached hydrogens (tertiary/aromatic N) is 1. The van der Waals surface area contributed by atoms with Gasteiger partial charge in [-0.05, 0) is 49.3 Å². The number of carbonyl (C=O) groups excluding carboxylic acids is 4. The number of anilines is 1. The maximum Gasteiger partial charge on any atom is 0.338 e. The molecule has 2 amide bonds. The van der Waals surface area contributed by atoms with Crippen LogP contribution in [0.1, 0.15) is 40.0 Å². The summed E-state index contributed by atoms with van der Waals surface area (Å²) < 4.78 is 5.16. The lowest BCUT2D eigenvalue weighted by Crippen LogP contribution is -2.32. The second kappa shape index (κ2) is 7.20. The van der Waals surface area contributed by atoms with Crippen LogP contribution >= 0.6 is 0 Å². The van der Waals surface area contributed by atoms with Crippen LogP contribution in [0.2, 0.25) is 0 Å². The van der Waals surface area contributed by atoms with Crippen LogP contribution in [0.3, 0.4) is 0 Å². The van der Waals surface area contributed by atoms with E-state index in [0.717, 1.165) is 19.3 Å². The molecule has 0 spiro atoms. The van der Waals surface area contributed by atoms with Crippen LogP contribution in [0.4, 0.5) is 5.69 Å². The zero-order valence-corrected chi connectivity index (χ0v) is 16.3. The van der Waals surface area contributed by atoms with E-state index in [2.05, 4.69) is 0 Å². The van der Waals surface area contributed by atoms with Crippen molar-refractivity contribution in [2.24, 2.45) is 23.7 Å². The van der Waals surface area contributed by atoms with Crippen LogP contribution in [0.5, 0.6) is 0 Å².